The van der Waals surface area contributed by atoms with Crippen LogP contribution < -0.4 is 5.73 Å². The van der Waals surface area contributed by atoms with Crippen LogP contribution in [0.2, 0.25) is 0 Å². The number of morpholine rings is 1. The standard InChI is InChI=1S/C17H27N3O3S/c1-17(2,3)14-6-5-13(24-14)16(22)20-7-8-23-12(10-20)9-19(4)11-15(18)21/h5-6,12H,7-11H2,1-4H3,(H2,18,21). The minimum atomic E-state index is -0.366. The number of likely N-dealkylation sites (N-methyl/N-ethyl adjacent to an activating group) is 1. The Morgan fingerprint density at radius 1 is 1.42 bits per heavy atom. The Balaban J connectivity index is 1.97. The predicted octanol–water partition coefficient (Wildman–Crippen LogP) is 1.30. The van der Waals surface area contributed by atoms with E-state index in [0.717, 1.165) is 4.88 Å². The first-order valence-electron chi connectivity index (χ1n) is 8.15. The fraction of sp³-hybridized carbons (Fsp3) is 0.647. The average molecular weight is 353 g/mol. The largest absolute Gasteiger partial charge is 0.373 e. The van der Waals surface area contributed by atoms with Crippen molar-refractivity contribution in [3.05, 3.63) is 21.9 Å². The number of carbonyl (C=O) groups excluding carboxylic acids is 2. The van der Waals surface area contributed by atoms with E-state index in [1.165, 1.54) is 4.88 Å². The van der Waals surface area contributed by atoms with Gasteiger partial charge in [-0.3, -0.25) is 14.5 Å². The van der Waals surface area contributed by atoms with Gasteiger partial charge in [0.25, 0.3) is 5.91 Å². The Bertz CT molecular complexity index is 594. The zero-order chi connectivity index (χ0) is 17.9. The van der Waals surface area contributed by atoms with Crippen molar-refractivity contribution < 1.29 is 14.3 Å². The van der Waals surface area contributed by atoms with Crippen LogP contribution in [-0.4, -0.2) is 67.6 Å². The van der Waals surface area contributed by atoms with Crippen LogP contribution in [0.5, 0.6) is 0 Å². The summed E-state index contributed by atoms with van der Waals surface area (Å²) in [6.07, 6.45) is -0.103. The van der Waals surface area contributed by atoms with Gasteiger partial charge < -0.3 is 15.4 Å². The topological polar surface area (TPSA) is 75.9 Å². The number of ether oxygens (including phenoxy) is 1. The Morgan fingerprint density at radius 3 is 2.71 bits per heavy atom. The third kappa shape index (κ3) is 5.03. The fourth-order valence-corrected chi connectivity index (χ4v) is 3.74. The summed E-state index contributed by atoms with van der Waals surface area (Å²) < 4.78 is 5.72. The molecule has 2 heterocycles. The second kappa shape index (κ2) is 7.63. The first kappa shape index (κ1) is 18.9. The molecule has 0 radical (unpaired) electrons. The summed E-state index contributed by atoms with van der Waals surface area (Å²) in [5, 5.41) is 0. The van der Waals surface area contributed by atoms with Crippen molar-refractivity contribution in [1.29, 1.82) is 0 Å². The number of hydrogen-bond acceptors (Lipinski definition) is 5. The maximum Gasteiger partial charge on any atom is 0.264 e. The van der Waals surface area contributed by atoms with Crippen LogP contribution in [0, 0.1) is 0 Å². The highest BCUT2D eigenvalue weighted by molar-refractivity contribution is 7.14. The van der Waals surface area contributed by atoms with Gasteiger partial charge in [-0.05, 0) is 24.6 Å². The summed E-state index contributed by atoms with van der Waals surface area (Å²) in [5.41, 5.74) is 5.25. The molecule has 2 rings (SSSR count). The fourth-order valence-electron chi connectivity index (χ4n) is 2.70. The van der Waals surface area contributed by atoms with Gasteiger partial charge >= 0.3 is 0 Å². The molecule has 1 fully saturated rings. The van der Waals surface area contributed by atoms with Crippen LogP contribution in [0.15, 0.2) is 12.1 Å². The normalized spacial score (nSPS) is 18.9. The zero-order valence-corrected chi connectivity index (χ0v) is 15.7. The second-order valence-corrected chi connectivity index (χ2v) is 8.40. The first-order chi connectivity index (χ1) is 11.2. The Hall–Kier alpha value is -1.44. The minimum absolute atomic E-state index is 0.0498. The lowest BCUT2D eigenvalue weighted by Gasteiger charge is -2.34. The molecule has 2 N–H and O–H groups in total. The second-order valence-electron chi connectivity index (χ2n) is 7.32. The number of primary amides is 1. The van der Waals surface area contributed by atoms with Gasteiger partial charge in [-0.2, -0.15) is 0 Å². The van der Waals surface area contributed by atoms with Crippen LogP contribution in [0.4, 0.5) is 0 Å². The minimum Gasteiger partial charge on any atom is -0.373 e. The van der Waals surface area contributed by atoms with Crippen molar-refractivity contribution in [2.45, 2.75) is 32.3 Å². The molecule has 7 heteroatoms. The van der Waals surface area contributed by atoms with E-state index in [9.17, 15) is 9.59 Å². The molecule has 0 aliphatic carbocycles. The van der Waals surface area contributed by atoms with Crippen LogP contribution >= 0.6 is 11.3 Å². The summed E-state index contributed by atoms with van der Waals surface area (Å²) in [6, 6.07) is 3.95. The maximum atomic E-state index is 12.7. The molecule has 134 valence electrons. The van der Waals surface area contributed by atoms with Gasteiger partial charge in [0, 0.05) is 24.5 Å². The van der Waals surface area contributed by atoms with Gasteiger partial charge in [-0.25, -0.2) is 0 Å². The number of carbonyl (C=O) groups is 2. The van der Waals surface area contributed by atoms with E-state index in [-0.39, 0.29) is 29.9 Å². The van der Waals surface area contributed by atoms with Crippen molar-refractivity contribution in [2.75, 3.05) is 39.8 Å². The lowest BCUT2D eigenvalue weighted by atomic mass is 9.95. The van der Waals surface area contributed by atoms with E-state index in [1.807, 2.05) is 29.0 Å². The molecule has 1 aliphatic heterocycles. The van der Waals surface area contributed by atoms with E-state index < -0.39 is 0 Å². The summed E-state index contributed by atoms with van der Waals surface area (Å²) in [6.45, 7) is 8.84. The van der Waals surface area contributed by atoms with Crippen molar-refractivity contribution in [2.24, 2.45) is 5.73 Å². The van der Waals surface area contributed by atoms with E-state index >= 15 is 0 Å². The number of nitrogens with two attached hydrogens (primary N) is 1. The molecule has 1 aromatic rings. The van der Waals surface area contributed by atoms with Gasteiger partial charge in [0.1, 0.15) is 0 Å². The van der Waals surface area contributed by atoms with Crippen molar-refractivity contribution >= 4 is 23.2 Å². The van der Waals surface area contributed by atoms with Gasteiger partial charge in [-0.1, -0.05) is 20.8 Å². The molecule has 1 aromatic heterocycles. The molecule has 1 aliphatic rings. The number of hydrogen-bond donors (Lipinski definition) is 1. The zero-order valence-electron chi connectivity index (χ0n) is 14.9. The molecule has 1 unspecified atom stereocenters. The third-order valence-electron chi connectivity index (χ3n) is 3.92. The van der Waals surface area contributed by atoms with Crippen molar-refractivity contribution in [3.63, 3.8) is 0 Å². The highest BCUT2D eigenvalue weighted by Gasteiger charge is 2.27. The first-order valence-corrected chi connectivity index (χ1v) is 8.96. The average Bonchev–Trinajstić information content (AvgIpc) is 2.95. The molecule has 0 saturated carbocycles. The van der Waals surface area contributed by atoms with Gasteiger partial charge in [-0.15, -0.1) is 11.3 Å². The van der Waals surface area contributed by atoms with Crippen LogP contribution in [0.3, 0.4) is 0 Å². The molecule has 1 atom stereocenters. The lowest BCUT2D eigenvalue weighted by Crippen LogP contribution is -2.49. The number of nitrogens with zero attached hydrogens (tertiary/aromatic N) is 2. The Kier molecular flexibility index (Phi) is 6.01. The summed E-state index contributed by atoms with van der Waals surface area (Å²) in [7, 11) is 1.82. The molecule has 2 amide bonds. The number of thiophene rings is 1. The lowest BCUT2D eigenvalue weighted by molar-refractivity contribution is -0.119. The number of amides is 2. The summed E-state index contributed by atoms with van der Waals surface area (Å²) >= 11 is 1.56. The van der Waals surface area contributed by atoms with Crippen molar-refractivity contribution in [1.82, 2.24) is 9.80 Å². The molecule has 0 aromatic carbocycles. The molecule has 6 nitrogen and oxygen atoms in total. The quantitative estimate of drug-likeness (QED) is 0.866. The Morgan fingerprint density at radius 2 is 2.12 bits per heavy atom. The highest BCUT2D eigenvalue weighted by atomic mass is 32.1. The highest BCUT2D eigenvalue weighted by Crippen LogP contribution is 2.30. The van der Waals surface area contributed by atoms with Crippen LogP contribution in [0.1, 0.15) is 35.3 Å². The van der Waals surface area contributed by atoms with E-state index in [1.54, 1.807) is 11.3 Å². The van der Waals surface area contributed by atoms with Gasteiger partial charge in [0.15, 0.2) is 0 Å². The van der Waals surface area contributed by atoms with E-state index in [4.69, 9.17) is 10.5 Å². The third-order valence-corrected chi connectivity index (χ3v) is 5.42. The number of rotatable bonds is 5. The monoisotopic (exact) mass is 353 g/mol. The molecule has 24 heavy (non-hydrogen) atoms. The molecule has 1 saturated heterocycles. The van der Waals surface area contributed by atoms with Crippen LogP contribution in [0.25, 0.3) is 0 Å². The summed E-state index contributed by atoms with van der Waals surface area (Å²) in [5.74, 6) is -0.309. The molecule has 0 spiro atoms. The maximum absolute atomic E-state index is 12.7. The van der Waals surface area contributed by atoms with Crippen molar-refractivity contribution in [3.8, 4) is 0 Å². The predicted molar refractivity (Wildman–Crippen MR) is 95.4 cm³/mol. The van der Waals surface area contributed by atoms with E-state index in [0.29, 0.717) is 26.2 Å². The molecular formula is C17H27N3O3S. The van der Waals surface area contributed by atoms with E-state index in [2.05, 4.69) is 20.8 Å². The molecular weight excluding hydrogens is 326 g/mol. The van der Waals surface area contributed by atoms with Gasteiger partial charge in [0.05, 0.1) is 24.1 Å². The summed E-state index contributed by atoms with van der Waals surface area (Å²) in [4.78, 5) is 29.3. The smallest absolute Gasteiger partial charge is 0.264 e. The van der Waals surface area contributed by atoms with Gasteiger partial charge in [0.2, 0.25) is 5.91 Å². The van der Waals surface area contributed by atoms with Crippen LogP contribution in [-0.2, 0) is 14.9 Å². The SMILES string of the molecule is CN(CC(N)=O)CC1CN(C(=O)c2ccc(C(C)(C)C)s2)CCO1. The Labute approximate surface area is 147 Å². The molecule has 0 bridgehead atoms.